The standard InChI is InChI=1S/C5H9O/c6-4-5-2-1-3-5/h2,5-6H,1,3-4H2. The molecule has 1 heteroatoms. The molecular weight excluding hydrogens is 76.1 g/mol. The second-order valence-corrected chi connectivity index (χ2v) is 1.76. The zero-order chi connectivity index (χ0) is 4.41. The van der Waals surface area contributed by atoms with E-state index in [0.717, 1.165) is 0 Å². The lowest BCUT2D eigenvalue weighted by Crippen LogP contribution is -2.15. The summed E-state index contributed by atoms with van der Waals surface area (Å²) in [5, 5.41) is 8.35. The zero-order valence-electron chi connectivity index (χ0n) is 3.72. The highest BCUT2D eigenvalue weighted by Crippen LogP contribution is 2.23. The van der Waals surface area contributed by atoms with E-state index in [2.05, 4.69) is 6.42 Å². The molecule has 35 valence electrons. The Morgan fingerprint density at radius 2 is 2.50 bits per heavy atom. The third kappa shape index (κ3) is 0.548. The molecule has 1 unspecified atom stereocenters. The highest BCUT2D eigenvalue weighted by Gasteiger charge is 2.15. The summed E-state index contributed by atoms with van der Waals surface area (Å²) in [7, 11) is 0. The van der Waals surface area contributed by atoms with Gasteiger partial charge in [0.2, 0.25) is 0 Å². The van der Waals surface area contributed by atoms with Crippen molar-refractivity contribution in [2.75, 3.05) is 6.61 Å². The third-order valence-corrected chi connectivity index (χ3v) is 1.27. The summed E-state index contributed by atoms with van der Waals surface area (Å²) < 4.78 is 0. The van der Waals surface area contributed by atoms with Gasteiger partial charge in [0, 0.05) is 6.61 Å². The van der Waals surface area contributed by atoms with E-state index in [1.165, 1.54) is 12.8 Å². The molecule has 0 amide bonds. The van der Waals surface area contributed by atoms with Crippen LogP contribution in [-0.4, -0.2) is 11.7 Å². The highest BCUT2D eigenvalue weighted by molar-refractivity contribution is 4.86. The lowest BCUT2D eigenvalue weighted by Gasteiger charge is -2.21. The van der Waals surface area contributed by atoms with Gasteiger partial charge in [-0.2, -0.15) is 0 Å². The molecule has 0 aromatic rings. The van der Waals surface area contributed by atoms with E-state index in [0.29, 0.717) is 12.5 Å². The first-order valence-corrected chi connectivity index (χ1v) is 2.37. The van der Waals surface area contributed by atoms with Crippen LogP contribution in [0.3, 0.4) is 0 Å². The Labute approximate surface area is 38.0 Å². The van der Waals surface area contributed by atoms with Gasteiger partial charge < -0.3 is 5.11 Å². The number of hydrogen-bond acceptors (Lipinski definition) is 1. The van der Waals surface area contributed by atoms with Crippen LogP contribution in [0.1, 0.15) is 12.8 Å². The monoisotopic (exact) mass is 85.1 g/mol. The Hall–Kier alpha value is -0.0400. The van der Waals surface area contributed by atoms with E-state index in [1.807, 2.05) is 0 Å². The molecule has 0 saturated heterocycles. The quantitative estimate of drug-likeness (QED) is 0.494. The van der Waals surface area contributed by atoms with Crippen LogP contribution < -0.4 is 0 Å². The van der Waals surface area contributed by atoms with Crippen LogP contribution in [0.2, 0.25) is 0 Å². The number of aliphatic hydroxyl groups is 1. The van der Waals surface area contributed by atoms with Crippen LogP contribution in [0, 0.1) is 12.3 Å². The Balaban J connectivity index is 2.01. The van der Waals surface area contributed by atoms with E-state index >= 15 is 0 Å². The predicted molar refractivity (Wildman–Crippen MR) is 24.1 cm³/mol. The van der Waals surface area contributed by atoms with Gasteiger partial charge in [-0.25, -0.2) is 0 Å². The molecule has 0 aliphatic heterocycles. The summed E-state index contributed by atoms with van der Waals surface area (Å²) in [5.41, 5.74) is 0. The Kier molecular flexibility index (Phi) is 1.10. The Bertz CT molecular complexity index is 36.4. The molecule has 1 aliphatic rings. The fourth-order valence-electron chi connectivity index (χ4n) is 0.568. The molecule has 1 aliphatic carbocycles. The largest absolute Gasteiger partial charge is 0.396 e. The first kappa shape index (κ1) is 4.13. The van der Waals surface area contributed by atoms with E-state index in [9.17, 15) is 0 Å². The van der Waals surface area contributed by atoms with Crippen molar-refractivity contribution in [1.82, 2.24) is 0 Å². The first-order chi connectivity index (χ1) is 2.93. The topological polar surface area (TPSA) is 20.2 Å². The molecule has 0 bridgehead atoms. The second kappa shape index (κ2) is 1.61. The van der Waals surface area contributed by atoms with Gasteiger partial charge >= 0.3 is 0 Å². The normalized spacial score (nSPS) is 23.5. The summed E-state index contributed by atoms with van der Waals surface area (Å²) in [4.78, 5) is 0. The molecule has 0 spiro atoms. The van der Waals surface area contributed by atoms with Crippen molar-refractivity contribution in [3.05, 3.63) is 6.42 Å². The van der Waals surface area contributed by atoms with Gasteiger partial charge in [0.15, 0.2) is 0 Å². The van der Waals surface area contributed by atoms with Crippen molar-refractivity contribution in [3.63, 3.8) is 0 Å². The van der Waals surface area contributed by atoms with E-state index in [4.69, 9.17) is 5.11 Å². The molecule has 1 atom stereocenters. The molecule has 0 aromatic heterocycles. The molecule has 6 heavy (non-hydrogen) atoms. The van der Waals surface area contributed by atoms with Gasteiger partial charge in [0.1, 0.15) is 0 Å². The molecule has 0 heterocycles. The van der Waals surface area contributed by atoms with Crippen LogP contribution in [0.5, 0.6) is 0 Å². The maximum Gasteiger partial charge on any atom is 0.0462 e. The third-order valence-electron chi connectivity index (χ3n) is 1.27. The predicted octanol–water partition coefficient (Wildman–Crippen LogP) is 0.593. The van der Waals surface area contributed by atoms with Crippen molar-refractivity contribution in [2.24, 2.45) is 5.92 Å². The molecule has 1 fully saturated rings. The van der Waals surface area contributed by atoms with Gasteiger partial charge in [-0.1, -0.05) is 0 Å². The molecule has 1 saturated carbocycles. The number of rotatable bonds is 1. The maximum atomic E-state index is 8.35. The second-order valence-electron chi connectivity index (χ2n) is 1.76. The van der Waals surface area contributed by atoms with Gasteiger partial charge in [0.25, 0.3) is 0 Å². The Morgan fingerprint density at radius 1 is 1.83 bits per heavy atom. The van der Waals surface area contributed by atoms with Crippen molar-refractivity contribution in [3.8, 4) is 0 Å². The molecule has 1 N–H and O–H groups in total. The minimum Gasteiger partial charge on any atom is -0.396 e. The van der Waals surface area contributed by atoms with Crippen molar-refractivity contribution >= 4 is 0 Å². The van der Waals surface area contributed by atoms with Crippen molar-refractivity contribution < 1.29 is 5.11 Å². The minimum atomic E-state index is 0.361. The van der Waals surface area contributed by atoms with Crippen LogP contribution in [0.15, 0.2) is 0 Å². The fraction of sp³-hybridized carbons (Fsp3) is 0.800. The summed E-state index contributed by atoms with van der Waals surface area (Å²) >= 11 is 0. The number of aliphatic hydroxyl groups excluding tert-OH is 1. The van der Waals surface area contributed by atoms with Crippen LogP contribution in [0.25, 0.3) is 0 Å². The Morgan fingerprint density at radius 3 is 2.50 bits per heavy atom. The number of hydrogen-bond donors (Lipinski definition) is 1. The van der Waals surface area contributed by atoms with Crippen molar-refractivity contribution in [1.29, 1.82) is 0 Å². The maximum absolute atomic E-state index is 8.35. The van der Waals surface area contributed by atoms with E-state index < -0.39 is 0 Å². The molecule has 1 radical (unpaired) electrons. The van der Waals surface area contributed by atoms with E-state index in [-0.39, 0.29) is 0 Å². The van der Waals surface area contributed by atoms with Gasteiger partial charge in [-0.3, -0.25) is 0 Å². The SMILES string of the molecule is OCC1[CH]CC1. The van der Waals surface area contributed by atoms with Gasteiger partial charge in [-0.15, -0.1) is 0 Å². The first-order valence-electron chi connectivity index (χ1n) is 2.37. The average Bonchev–Trinajstić information content (AvgIpc) is 1.31. The molecule has 0 aromatic carbocycles. The molecule has 1 nitrogen and oxygen atoms in total. The van der Waals surface area contributed by atoms with Gasteiger partial charge in [-0.05, 0) is 25.2 Å². The van der Waals surface area contributed by atoms with E-state index in [1.54, 1.807) is 0 Å². The van der Waals surface area contributed by atoms with Crippen LogP contribution >= 0.6 is 0 Å². The zero-order valence-corrected chi connectivity index (χ0v) is 3.72. The smallest absolute Gasteiger partial charge is 0.0462 e. The summed E-state index contributed by atoms with van der Waals surface area (Å²) in [5.74, 6) is 0.546. The summed E-state index contributed by atoms with van der Waals surface area (Å²) in [6.45, 7) is 0.361. The van der Waals surface area contributed by atoms with Crippen LogP contribution in [0.4, 0.5) is 0 Å². The minimum absolute atomic E-state index is 0.361. The summed E-state index contributed by atoms with van der Waals surface area (Å²) in [6.07, 6.45) is 4.57. The lowest BCUT2D eigenvalue weighted by molar-refractivity contribution is 0.207. The summed E-state index contributed by atoms with van der Waals surface area (Å²) in [6, 6.07) is 0. The average molecular weight is 85.1 g/mol. The van der Waals surface area contributed by atoms with Crippen molar-refractivity contribution in [2.45, 2.75) is 12.8 Å². The fourth-order valence-corrected chi connectivity index (χ4v) is 0.568. The molecular formula is C5H9O. The molecule has 1 rings (SSSR count). The van der Waals surface area contributed by atoms with Crippen LogP contribution in [-0.2, 0) is 0 Å². The van der Waals surface area contributed by atoms with Gasteiger partial charge in [0.05, 0.1) is 0 Å². The lowest BCUT2D eigenvalue weighted by atomic mass is 9.86. The highest BCUT2D eigenvalue weighted by atomic mass is 16.3.